The highest BCUT2D eigenvalue weighted by Gasteiger charge is 2.19. The second kappa shape index (κ2) is 11.6. The molecule has 1 fully saturated rings. The van der Waals surface area contributed by atoms with Crippen molar-refractivity contribution in [2.75, 3.05) is 25.0 Å². The van der Waals surface area contributed by atoms with E-state index in [9.17, 15) is 9.18 Å². The van der Waals surface area contributed by atoms with Gasteiger partial charge in [0.15, 0.2) is 0 Å². The second-order valence-electron chi connectivity index (χ2n) is 8.87. The lowest BCUT2D eigenvalue weighted by molar-refractivity contribution is 0.177. The smallest absolute Gasteiger partial charge is 0.319 e. The summed E-state index contributed by atoms with van der Waals surface area (Å²) < 4.78 is 13.0. The molecule has 0 aromatic heterocycles. The third-order valence-corrected chi connectivity index (χ3v) is 6.28. The number of nitrogens with zero attached hydrogens (tertiary/aromatic N) is 1. The minimum atomic E-state index is -0.249. The molecule has 4 rings (SSSR count). The Balaban J connectivity index is 1.19. The van der Waals surface area contributed by atoms with E-state index in [1.54, 1.807) is 12.1 Å². The van der Waals surface area contributed by atoms with Crippen LogP contribution in [0.1, 0.15) is 29.5 Å². The number of urea groups is 1. The van der Waals surface area contributed by atoms with Gasteiger partial charge in [-0.15, -0.1) is 0 Å². The van der Waals surface area contributed by atoms with Crippen molar-refractivity contribution < 1.29 is 9.18 Å². The van der Waals surface area contributed by atoms with Crippen LogP contribution in [0.25, 0.3) is 0 Å². The molecule has 1 heterocycles. The zero-order chi connectivity index (χ0) is 22.9. The number of carbonyl (C=O) groups is 1. The van der Waals surface area contributed by atoms with Gasteiger partial charge < -0.3 is 10.6 Å². The minimum absolute atomic E-state index is 0.226. The van der Waals surface area contributed by atoms with Crippen LogP contribution in [0.3, 0.4) is 0 Å². The molecule has 0 spiro atoms. The van der Waals surface area contributed by atoms with Crippen LogP contribution in [-0.2, 0) is 19.4 Å². The highest BCUT2D eigenvalue weighted by atomic mass is 19.1. The van der Waals surface area contributed by atoms with Crippen molar-refractivity contribution >= 4 is 11.7 Å². The van der Waals surface area contributed by atoms with E-state index >= 15 is 0 Å². The summed E-state index contributed by atoms with van der Waals surface area (Å²) in [6.45, 7) is 3.62. The minimum Gasteiger partial charge on any atom is -0.338 e. The van der Waals surface area contributed by atoms with Gasteiger partial charge in [0, 0.05) is 18.8 Å². The van der Waals surface area contributed by atoms with Gasteiger partial charge in [-0.25, -0.2) is 9.18 Å². The molecular formula is C28H32FN3O. The molecule has 0 saturated carbocycles. The zero-order valence-electron chi connectivity index (χ0n) is 19.0. The highest BCUT2D eigenvalue weighted by Crippen LogP contribution is 2.23. The average Bonchev–Trinajstić information content (AvgIpc) is 2.83. The fraction of sp³-hybridized carbons (Fsp3) is 0.321. The molecule has 0 atom stereocenters. The lowest BCUT2D eigenvalue weighted by Crippen LogP contribution is -2.34. The molecule has 1 aliphatic heterocycles. The standard InChI is InChI=1S/C28H32FN3O/c29-26-11-9-22(10-12-26)13-16-30-28(33)31-27-8-4-7-25(20-27)21-32-17-14-24(15-18-32)19-23-5-2-1-3-6-23/h1-12,20,24H,13-19,21H2,(H2,30,31,33). The number of amides is 2. The fourth-order valence-electron chi connectivity index (χ4n) is 4.45. The van der Waals surface area contributed by atoms with Crippen molar-refractivity contribution in [1.82, 2.24) is 10.2 Å². The Morgan fingerprint density at radius 1 is 0.879 bits per heavy atom. The van der Waals surface area contributed by atoms with E-state index in [0.29, 0.717) is 13.0 Å². The summed E-state index contributed by atoms with van der Waals surface area (Å²) in [4.78, 5) is 14.8. The van der Waals surface area contributed by atoms with Gasteiger partial charge in [0.05, 0.1) is 0 Å². The maximum atomic E-state index is 13.0. The molecule has 0 bridgehead atoms. The Labute approximate surface area is 195 Å². The predicted octanol–water partition coefficient (Wildman–Crippen LogP) is 5.64. The molecule has 3 aromatic rings. The first-order chi connectivity index (χ1) is 16.1. The number of benzene rings is 3. The Hall–Kier alpha value is -3.18. The number of carbonyl (C=O) groups excluding carboxylic acids is 1. The first-order valence-electron chi connectivity index (χ1n) is 11.8. The largest absolute Gasteiger partial charge is 0.338 e. The fourth-order valence-corrected chi connectivity index (χ4v) is 4.45. The molecule has 2 amide bonds. The van der Waals surface area contributed by atoms with E-state index in [1.165, 1.54) is 42.5 Å². The molecule has 0 aliphatic carbocycles. The molecule has 0 radical (unpaired) electrons. The third kappa shape index (κ3) is 7.43. The van der Waals surface area contributed by atoms with Gasteiger partial charge in [-0.3, -0.25) is 4.90 Å². The lowest BCUT2D eigenvalue weighted by atomic mass is 9.90. The molecule has 0 unspecified atom stereocenters. The van der Waals surface area contributed by atoms with Crippen LogP contribution in [0.4, 0.5) is 14.9 Å². The van der Waals surface area contributed by atoms with Gasteiger partial charge in [0.2, 0.25) is 0 Å². The van der Waals surface area contributed by atoms with E-state index in [-0.39, 0.29) is 11.8 Å². The van der Waals surface area contributed by atoms with Crippen molar-refractivity contribution in [3.8, 4) is 0 Å². The van der Waals surface area contributed by atoms with Crippen LogP contribution < -0.4 is 10.6 Å². The number of rotatable bonds is 8. The monoisotopic (exact) mass is 445 g/mol. The first kappa shape index (κ1) is 23.0. The van der Waals surface area contributed by atoms with Crippen LogP contribution in [0.5, 0.6) is 0 Å². The molecule has 4 nitrogen and oxygen atoms in total. The molecule has 2 N–H and O–H groups in total. The highest BCUT2D eigenvalue weighted by molar-refractivity contribution is 5.89. The SMILES string of the molecule is O=C(NCCc1ccc(F)cc1)Nc1cccc(CN2CCC(Cc3ccccc3)CC2)c1. The zero-order valence-corrected chi connectivity index (χ0v) is 19.0. The van der Waals surface area contributed by atoms with Crippen molar-refractivity contribution in [3.05, 3.63) is 101 Å². The van der Waals surface area contributed by atoms with Gasteiger partial charge in [-0.2, -0.15) is 0 Å². The Bertz CT molecular complexity index is 1010. The van der Waals surface area contributed by atoms with Gasteiger partial charge >= 0.3 is 6.03 Å². The molecule has 33 heavy (non-hydrogen) atoms. The molecule has 1 aliphatic rings. The summed E-state index contributed by atoms with van der Waals surface area (Å²) in [6, 6.07) is 25.0. The van der Waals surface area contributed by atoms with Crippen LogP contribution >= 0.6 is 0 Å². The average molecular weight is 446 g/mol. The topological polar surface area (TPSA) is 44.4 Å². The predicted molar refractivity (Wildman–Crippen MR) is 132 cm³/mol. The lowest BCUT2D eigenvalue weighted by Gasteiger charge is -2.32. The summed E-state index contributed by atoms with van der Waals surface area (Å²) in [5, 5.41) is 5.79. The normalized spacial score (nSPS) is 14.7. The first-order valence-corrected chi connectivity index (χ1v) is 11.8. The second-order valence-corrected chi connectivity index (χ2v) is 8.87. The molecule has 5 heteroatoms. The van der Waals surface area contributed by atoms with E-state index in [2.05, 4.69) is 58.0 Å². The van der Waals surface area contributed by atoms with E-state index in [0.717, 1.165) is 36.8 Å². The quantitative estimate of drug-likeness (QED) is 0.471. The van der Waals surface area contributed by atoms with Gasteiger partial charge in [0.25, 0.3) is 0 Å². The summed E-state index contributed by atoms with van der Waals surface area (Å²) >= 11 is 0. The third-order valence-electron chi connectivity index (χ3n) is 6.28. The Morgan fingerprint density at radius 3 is 2.36 bits per heavy atom. The van der Waals surface area contributed by atoms with Gasteiger partial charge in [-0.1, -0.05) is 54.6 Å². The molecule has 3 aromatic carbocycles. The van der Waals surface area contributed by atoms with Crippen molar-refractivity contribution in [2.24, 2.45) is 5.92 Å². The summed E-state index contributed by atoms with van der Waals surface area (Å²) in [7, 11) is 0. The number of piperidine rings is 1. The number of anilines is 1. The number of likely N-dealkylation sites (tertiary alicyclic amines) is 1. The van der Waals surface area contributed by atoms with Crippen molar-refractivity contribution in [3.63, 3.8) is 0 Å². The molecule has 1 saturated heterocycles. The molecular weight excluding hydrogens is 413 g/mol. The number of nitrogens with one attached hydrogen (secondary N) is 2. The van der Waals surface area contributed by atoms with E-state index in [1.807, 2.05) is 12.1 Å². The summed E-state index contributed by atoms with van der Waals surface area (Å²) in [5.74, 6) is 0.510. The number of hydrogen-bond donors (Lipinski definition) is 2. The van der Waals surface area contributed by atoms with E-state index < -0.39 is 0 Å². The Morgan fingerprint density at radius 2 is 1.61 bits per heavy atom. The van der Waals surface area contributed by atoms with Gasteiger partial charge in [-0.05, 0) is 85.6 Å². The van der Waals surface area contributed by atoms with Crippen molar-refractivity contribution in [1.29, 1.82) is 0 Å². The molecule has 172 valence electrons. The maximum absolute atomic E-state index is 13.0. The van der Waals surface area contributed by atoms with Crippen LogP contribution in [0, 0.1) is 11.7 Å². The van der Waals surface area contributed by atoms with Crippen LogP contribution in [0.15, 0.2) is 78.9 Å². The van der Waals surface area contributed by atoms with Crippen LogP contribution in [-0.4, -0.2) is 30.6 Å². The summed E-state index contributed by atoms with van der Waals surface area (Å²) in [5.41, 5.74) is 4.43. The summed E-state index contributed by atoms with van der Waals surface area (Å²) in [6.07, 6.45) is 4.28. The number of hydrogen-bond acceptors (Lipinski definition) is 2. The maximum Gasteiger partial charge on any atom is 0.319 e. The van der Waals surface area contributed by atoms with Crippen molar-refractivity contribution in [2.45, 2.75) is 32.2 Å². The van der Waals surface area contributed by atoms with Gasteiger partial charge in [0.1, 0.15) is 5.82 Å². The van der Waals surface area contributed by atoms with E-state index in [4.69, 9.17) is 0 Å². The number of halogens is 1. The van der Waals surface area contributed by atoms with Crippen LogP contribution in [0.2, 0.25) is 0 Å². The Kier molecular flexibility index (Phi) is 8.09.